The Morgan fingerprint density at radius 2 is 2.31 bits per heavy atom. The number of halogens is 3. The van der Waals surface area contributed by atoms with Gasteiger partial charge in [-0.1, -0.05) is 0 Å². The van der Waals surface area contributed by atoms with Crippen LogP contribution in [0.5, 0.6) is 0 Å². The van der Waals surface area contributed by atoms with E-state index in [2.05, 4.69) is 25.7 Å². The molecule has 16 heavy (non-hydrogen) atoms. The number of carbonyl (C=O) groups is 1. The Morgan fingerprint density at radius 1 is 1.69 bits per heavy atom. The second kappa shape index (κ2) is 5.20. The van der Waals surface area contributed by atoms with Gasteiger partial charge in [0, 0.05) is 5.56 Å². The fraction of sp³-hybridized carbons (Fsp3) is 0.333. The first-order valence-corrected chi connectivity index (χ1v) is 5.17. The van der Waals surface area contributed by atoms with E-state index in [1.807, 2.05) is 0 Å². The van der Waals surface area contributed by atoms with Gasteiger partial charge in [-0.25, -0.2) is 18.6 Å². The third-order valence-corrected chi connectivity index (χ3v) is 2.54. The van der Waals surface area contributed by atoms with Gasteiger partial charge >= 0.3 is 5.97 Å². The van der Waals surface area contributed by atoms with Crippen molar-refractivity contribution in [2.24, 2.45) is 0 Å². The van der Waals surface area contributed by atoms with Crippen LogP contribution in [0.1, 0.15) is 29.4 Å². The van der Waals surface area contributed by atoms with Gasteiger partial charge in [0.1, 0.15) is 5.82 Å². The molecule has 0 atom stereocenters. The molecular formula is C9H9BrF2N2O2. The molecule has 0 bridgehead atoms. The van der Waals surface area contributed by atoms with Crippen molar-refractivity contribution < 1.29 is 18.3 Å². The molecule has 0 saturated carbocycles. The number of alkyl halides is 2. The van der Waals surface area contributed by atoms with Crippen LogP contribution in [0.2, 0.25) is 0 Å². The molecule has 2 N–H and O–H groups in total. The second-order valence-electron chi connectivity index (χ2n) is 2.82. The molecule has 0 radical (unpaired) electrons. The summed E-state index contributed by atoms with van der Waals surface area (Å²) in [6.45, 7) is 1.73. The van der Waals surface area contributed by atoms with E-state index in [-0.39, 0.29) is 28.2 Å². The van der Waals surface area contributed by atoms with Crippen LogP contribution >= 0.6 is 15.9 Å². The maximum absolute atomic E-state index is 12.6. The quantitative estimate of drug-likeness (QED) is 0.870. The Morgan fingerprint density at radius 3 is 2.81 bits per heavy atom. The molecule has 88 valence electrons. The van der Waals surface area contributed by atoms with Crippen LogP contribution in [-0.4, -0.2) is 17.6 Å². The van der Waals surface area contributed by atoms with E-state index in [0.717, 1.165) is 6.07 Å². The standard InChI is InChI=1S/C9H9BrF2N2O2/c1-2-16-9(15)7-6(10)4(8(11)12)3-5(13)14-7/h3,8H,2H2,1H3,(H2,13,14). The third kappa shape index (κ3) is 2.66. The van der Waals surface area contributed by atoms with Gasteiger partial charge < -0.3 is 10.5 Å². The van der Waals surface area contributed by atoms with Crippen molar-refractivity contribution in [2.75, 3.05) is 12.3 Å². The molecule has 1 aromatic heterocycles. The normalized spacial score (nSPS) is 10.6. The number of anilines is 1. The summed E-state index contributed by atoms with van der Waals surface area (Å²) in [6, 6.07) is 1.01. The fourth-order valence-electron chi connectivity index (χ4n) is 1.06. The van der Waals surface area contributed by atoms with Crippen molar-refractivity contribution in [3.63, 3.8) is 0 Å². The van der Waals surface area contributed by atoms with E-state index in [4.69, 9.17) is 5.73 Å². The monoisotopic (exact) mass is 294 g/mol. The molecule has 0 aliphatic carbocycles. The Labute approximate surface area is 98.9 Å². The van der Waals surface area contributed by atoms with Gasteiger partial charge in [0.25, 0.3) is 6.43 Å². The predicted molar refractivity (Wildman–Crippen MR) is 57.3 cm³/mol. The van der Waals surface area contributed by atoms with E-state index >= 15 is 0 Å². The van der Waals surface area contributed by atoms with Crippen molar-refractivity contribution >= 4 is 27.7 Å². The summed E-state index contributed by atoms with van der Waals surface area (Å²) in [5.41, 5.74) is 4.71. The van der Waals surface area contributed by atoms with Crippen LogP contribution in [0.25, 0.3) is 0 Å². The van der Waals surface area contributed by atoms with Gasteiger partial charge in [-0.2, -0.15) is 0 Å². The molecular weight excluding hydrogens is 286 g/mol. The van der Waals surface area contributed by atoms with Gasteiger partial charge in [-0.15, -0.1) is 0 Å². The summed E-state index contributed by atoms with van der Waals surface area (Å²) in [7, 11) is 0. The highest BCUT2D eigenvalue weighted by Crippen LogP contribution is 2.31. The second-order valence-corrected chi connectivity index (χ2v) is 3.61. The third-order valence-electron chi connectivity index (χ3n) is 1.71. The van der Waals surface area contributed by atoms with Crippen molar-refractivity contribution in [1.29, 1.82) is 0 Å². The summed E-state index contributed by atoms with van der Waals surface area (Å²) >= 11 is 2.89. The largest absolute Gasteiger partial charge is 0.461 e. The lowest BCUT2D eigenvalue weighted by Crippen LogP contribution is -2.11. The topological polar surface area (TPSA) is 65.2 Å². The molecule has 0 aliphatic heterocycles. The van der Waals surface area contributed by atoms with Gasteiger partial charge in [0.05, 0.1) is 11.1 Å². The number of ether oxygens (including phenoxy) is 1. The average molecular weight is 295 g/mol. The summed E-state index contributed by atoms with van der Waals surface area (Å²) in [5, 5.41) is 0. The van der Waals surface area contributed by atoms with E-state index in [1.54, 1.807) is 6.92 Å². The van der Waals surface area contributed by atoms with Crippen LogP contribution in [0.15, 0.2) is 10.5 Å². The summed E-state index contributed by atoms with van der Waals surface area (Å²) < 4.78 is 29.7. The number of esters is 1. The zero-order valence-electron chi connectivity index (χ0n) is 8.34. The van der Waals surface area contributed by atoms with Gasteiger partial charge in [0.2, 0.25) is 0 Å². The highest BCUT2D eigenvalue weighted by Gasteiger charge is 2.21. The number of rotatable bonds is 3. The van der Waals surface area contributed by atoms with Crippen LogP contribution in [0.4, 0.5) is 14.6 Å². The summed E-state index contributed by atoms with van der Waals surface area (Å²) in [4.78, 5) is 15.0. The lowest BCUT2D eigenvalue weighted by atomic mass is 10.2. The lowest BCUT2D eigenvalue weighted by Gasteiger charge is -2.09. The molecule has 4 nitrogen and oxygen atoms in total. The van der Waals surface area contributed by atoms with Crippen LogP contribution in [-0.2, 0) is 4.74 Å². The minimum absolute atomic E-state index is 0.0878. The summed E-state index contributed by atoms with van der Waals surface area (Å²) in [6.07, 6.45) is -2.74. The number of aromatic nitrogens is 1. The van der Waals surface area contributed by atoms with Crippen molar-refractivity contribution in [1.82, 2.24) is 4.98 Å². The molecule has 0 unspecified atom stereocenters. The minimum Gasteiger partial charge on any atom is -0.461 e. The molecule has 7 heteroatoms. The van der Waals surface area contributed by atoms with Gasteiger partial charge in [-0.05, 0) is 28.9 Å². The lowest BCUT2D eigenvalue weighted by molar-refractivity contribution is 0.0518. The first-order chi connectivity index (χ1) is 7.47. The minimum atomic E-state index is -2.74. The van der Waals surface area contributed by atoms with E-state index in [1.165, 1.54) is 0 Å². The Balaban J connectivity index is 3.24. The molecule has 1 rings (SSSR count). The maximum Gasteiger partial charge on any atom is 0.358 e. The molecule has 0 saturated heterocycles. The molecule has 0 aliphatic rings. The number of pyridine rings is 1. The van der Waals surface area contributed by atoms with Crippen molar-refractivity contribution in [3.8, 4) is 0 Å². The number of nitrogens with two attached hydrogens (primary N) is 1. The molecule has 0 amide bonds. The SMILES string of the molecule is CCOC(=O)c1nc(N)cc(C(F)F)c1Br. The predicted octanol–water partition coefficient (Wildman–Crippen LogP) is 2.54. The molecule has 1 heterocycles. The highest BCUT2D eigenvalue weighted by molar-refractivity contribution is 9.10. The molecule has 0 spiro atoms. The molecule has 1 aromatic rings. The van der Waals surface area contributed by atoms with Crippen LogP contribution < -0.4 is 5.73 Å². The molecule has 0 aromatic carbocycles. The van der Waals surface area contributed by atoms with Crippen molar-refractivity contribution in [3.05, 3.63) is 21.8 Å². The Hall–Kier alpha value is -1.24. The van der Waals surface area contributed by atoms with Gasteiger partial charge in [-0.3, -0.25) is 0 Å². The number of nitrogens with zero attached hydrogens (tertiary/aromatic N) is 1. The maximum atomic E-state index is 12.6. The number of carbonyl (C=O) groups excluding carboxylic acids is 1. The number of hydrogen-bond donors (Lipinski definition) is 1. The number of hydrogen-bond acceptors (Lipinski definition) is 4. The highest BCUT2D eigenvalue weighted by atomic mass is 79.9. The number of nitrogen functional groups attached to an aromatic ring is 1. The fourth-order valence-corrected chi connectivity index (χ4v) is 1.60. The average Bonchev–Trinajstić information content (AvgIpc) is 2.20. The zero-order valence-corrected chi connectivity index (χ0v) is 9.92. The van der Waals surface area contributed by atoms with E-state index < -0.39 is 12.4 Å². The summed E-state index contributed by atoms with van der Waals surface area (Å²) in [5.74, 6) is -0.940. The smallest absolute Gasteiger partial charge is 0.358 e. The van der Waals surface area contributed by atoms with Crippen LogP contribution in [0.3, 0.4) is 0 Å². The van der Waals surface area contributed by atoms with Crippen molar-refractivity contribution in [2.45, 2.75) is 13.3 Å². The van der Waals surface area contributed by atoms with E-state index in [9.17, 15) is 13.6 Å². The first-order valence-electron chi connectivity index (χ1n) is 4.38. The Kier molecular flexibility index (Phi) is 4.17. The van der Waals surface area contributed by atoms with E-state index in [0.29, 0.717) is 0 Å². The zero-order chi connectivity index (χ0) is 12.3. The van der Waals surface area contributed by atoms with Gasteiger partial charge in [0.15, 0.2) is 5.69 Å². The first kappa shape index (κ1) is 12.8. The Bertz CT molecular complexity index is 413. The van der Waals surface area contributed by atoms with Crippen LogP contribution in [0, 0.1) is 0 Å². The molecule has 0 fully saturated rings.